The van der Waals surface area contributed by atoms with Crippen molar-refractivity contribution < 1.29 is 17.9 Å². The van der Waals surface area contributed by atoms with Crippen LogP contribution in [-0.4, -0.2) is 28.8 Å². The van der Waals surface area contributed by atoms with Gasteiger partial charge in [-0.3, -0.25) is 4.98 Å². The summed E-state index contributed by atoms with van der Waals surface area (Å²) in [5.74, 6) is -0.113. The van der Waals surface area contributed by atoms with E-state index in [1.165, 1.54) is 25.2 Å². The molecule has 0 aliphatic heterocycles. The van der Waals surface area contributed by atoms with Crippen molar-refractivity contribution in [2.75, 3.05) is 6.61 Å². The van der Waals surface area contributed by atoms with Crippen LogP contribution in [0.5, 0.6) is 5.88 Å². The van der Waals surface area contributed by atoms with Gasteiger partial charge in [-0.05, 0) is 12.8 Å². The highest BCUT2D eigenvalue weighted by atomic mass is 19.4. The number of alkyl halides is 3. The zero-order chi connectivity index (χ0) is 12.3. The van der Waals surface area contributed by atoms with E-state index >= 15 is 0 Å². The molecule has 0 amide bonds. The molecule has 1 N–H and O–H groups in total. The maximum absolute atomic E-state index is 11.9. The Hall–Kier alpha value is -1.37. The average Bonchev–Trinajstić information content (AvgIpc) is 3.08. The Balaban J connectivity index is 1.79. The van der Waals surface area contributed by atoms with Gasteiger partial charge in [-0.1, -0.05) is 0 Å². The lowest BCUT2D eigenvalue weighted by molar-refractivity contribution is -0.154. The molecule has 0 radical (unpaired) electrons. The van der Waals surface area contributed by atoms with Crippen LogP contribution >= 0.6 is 0 Å². The first-order valence-corrected chi connectivity index (χ1v) is 5.27. The van der Waals surface area contributed by atoms with E-state index in [4.69, 9.17) is 0 Å². The number of hydrogen-bond donors (Lipinski definition) is 1. The lowest BCUT2D eigenvalue weighted by atomic mass is 10.4. The van der Waals surface area contributed by atoms with E-state index in [1.54, 1.807) is 0 Å². The quantitative estimate of drug-likeness (QED) is 0.859. The number of nitrogens with zero attached hydrogens (tertiary/aromatic N) is 2. The lowest BCUT2D eigenvalue weighted by Crippen LogP contribution is -2.20. The molecule has 1 heterocycles. The molecule has 94 valence electrons. The first-order valence-electron chi connectivity index (χ1n) is 5.27. The number of ether oxygens (including phenoxy) is 1. The maximum atomic E-state index is 11.9. The molecule has 4 nitrogen and oxygen atoms in total. The molecule has 0 saturated heterocycles. The van der Waals surface area contributed by atoms with Gasteiger partial charge in [-0.15, -0.1) is 0 Å². The second-order valence-electron chi connectivity index (χ2n) is 3.91. The van der Waals surface area contributed by atoms with Gasteiger partial charge >= 0.3 is 6.18 Å². The Bertz CT molecular complexity index is 362. The van der Waals surface area contributed by atoms with E-state index in [9.17, 15) is 13.2 Å². The topological polar surface area (TPSA) is 47.0 Å². The minimum Gasteiger partial charge on any atom is -0.467 e. The third kappa shape index (κ3) is 4.56. The smallest absolute Gasteiger partial charge is 0.422 e. The van der Waals surface area contributed by atoms with Gasteiger partial charge in [-0.25, -0.2) is 4.98 Å². The summed E-state index contributed by atoms with van der Waals surface area (Å²) in [6.07, 6.45) is 0.602. The number of nitrogens with one attached hydrogen (secondary N) is 1. The summed E-state index contributed by atoms with van der Waals surface area (Å²) in [5, 5.41) is 3.23. The standard InChI is InChI=1S/C10H12F3N3O/c11-10(12,13)6-17-9-5-15-8(4-16-9)3-14-7-1-2-7/h4-5,7,14H,1-3,6H2. The summed E-state index contributed by atoms with van der Waals surface area (Å²) < 4.78 is 40.0. The number of hydrogen-bond acceptors (Lipinski definition) is 4. The summed E-state index contributed by atoms with van der Waals surface area (Å²) in [5.41, 5.74) is 0.691. The van der Waals surface area contributed by atoms with Crippen molar-refractivity contribution in [2.45, 2.75) is 31.6 Å². The predicted molar refractivity (Wildman–Crippen MR) is 53.4 cm³/mol. The highest BCUT2D eigenvalue weighted by Crippen LogP contribution is 2.19. The van der Waals surface area contributed by atoms with Gasteiger partial charge in [0.2, 0.25) is 5.88 Å². The van der Waals surface area contributed by atoms with E-state index in [-0.39, 0.29) is 5.88 Å². The molecule has 0 unspecified atom stereocenters. The van der Waals surface area contributed by atoms with Crippen LogP contribution in [0.25, 0.3) is 0 Å². The summed E-state index contributed by atoms with van der Waals surface area (Å²) in [7, 11) is 0. The van der Waals surface area contributed by atoms with Crippen molar-refractivity contribution in [1.82, 2.24) is 15.3 Å². The third-order valence-corrected chi connectivity index (χ3v) is 2.21. The minimum atomic E-state index is -4.35. The molecule has 0 spiro atoms. The molecule has 1 aliphatic rings. The van der Waals surface area contributed by atoms with E-state index in [0.717, 1.165) is 0 Å². The summed E-state index contributed by atoms with van der Waals surface area (Å²) in [4.78, 5) is 7.72. The fraction of sp³-hybridized carbons (Fsp3) is 0.600. The van der Waals surface area contributed by atoms with Crippen molar-refractivity contribution in [1.29, 1.82) is 0 Å². The molecule has 0 bridgehead atoms. The number of aromatic nitrogens is 2. The van der Waals surface area contributed by atoms with Gasteiger partial charge in [0.15, 0.2) is 6.61 Å². The average molecular weight is 247 g/mol. The highest BCUT2D eigenvalue weighted by Gasteiger charge is 2.28. The molecule has 1 aromatic heterocycles. The molecule has 1 aliphatic carbocycles. The van der Waals surface area contributed by atoms with Crippen LogP contribution in [0.15, 0.2) is 12.4 Å². The van der Waals surface area contributed by atoms with Gasteiger partial charge in [0, 0.05) is 12.6 Å². The summed E-state index contributed by atoms with van der Waals surface area (Å²) in [6, 6.07) is 0.554. The Morgan fingerprint density at radius 2 is 2.06 bits per heavy atom. The van der Waals surface area contributed by atoms with Gasteiger partial charge in [0.25, 0.3) is 0 Å². The van der Waals surface area contributed by atoms with Gasteiger partial charge < -0.3 is 10.1 Å². The Labute approximate surface area is 96.2 Å². The lowest BCUT2D eigenvalue weighted by Gasteiger charge is -2.08. The van der Waals surface area contributed by atoms with Crippen LogP contribution in [0.2, 0.25) is 0 Å². The van der Waals surface area contributed by atoms with Crippen LogP contribution in [-0.2, 0) is 6.54 Å². The van der Waals surface area contributed by atoms with Crippen molar-refractivity contribution in [3.63, 3.8) is 0 Å². The molecule has 17 heavy (non-hydrogen) atoms. The van der Waals surface area contributed by atoms with Crippen LogP contribution in [0.1, 0.15) is 18.5 Å². The number of halogens is 3. The molecular weight excluding hydrogens is 235 g/mol. The van der Waals surface area contributed by atoms with Crippen molar-refractivity contribution in [3.8, 4) is 5.88 Å². The van der Waals surface area contributed by atoms with Gasteiger partial charge in [0.05, 0.1) is 18.1 Å². The fourth-order valence-electron chi connectivity index (χ4n) is 1.20. The Morgan fingerprint density at radius 1 is 1.29 bits per heavy atom. The minimum absolute atomic E-state index is 0.113. The monoisotopic (exact) mass is 247 g/mol. The zero-order valence-corrected chi connectivity index (χ0v) is 9.00. The van der Waals surface area contributed by atoms with E-state index in [2.05, 4.69) is 20.0 Å². The van der Waals surface area contributed by atoms with Gasteiger partial charge in [0.1, 0.15) is 0 Å². The van der Waals surface area contributed by atoms with E-state index in [1.807, 2.05) is 0 Å². The first kappa shape index (κ1) is 12.1. The fourth-order valence-corrected chi connectivity index (χ4v) is 1.20. The summed E-state index contributed by atoms with van der Waals surface area (Å²) in [6.45, 7) is -0.765. The summed E-state index contributed by atoms with van der Waals surface area (Å²) >= 11 is 0. The molecule has 1 aromatic rings. The van der Waals surface area contributed by atoms with Crippen LogP contribution in [0.4, 0.5) is 13.2 Å². The Morgan fingerprint density at radius 3 is 2.59 bits per heavy atom. The van der Waals surface area contributed by atoms with Crippen molar-refractivity contribution in [3.05, 3.63) is 18.1 Å². The number of rotatable bonds is 5. The second kappa shape index (κ2) is 4.87. The van der Waals surface area contributed by atoms with Crippen molar-refractivity contribution in [2.24, 2.45) is 0 Å². The first-order chi connectivity index (χ1) is 8.03. The third-order valence-electron chi connectivity index (χ3n) is 2.21. The zero-order valence-electron chi connectivity index (χ0n) is 9.00. The normalized spacial score (nSPS) is 15.9. The van der Waals surface area contributed by atoms with E-state index in [0.29, 0.717) is 18.3 Å². The molecule has 1 saturated carbocycles. The van der Waals surface area contributed by atoms with Crippen LogP contribution < -0.4 is 10.1 Å². The predicted octanol–water partition coefficient (Wildman–Crippen LogP) is 1.67. The Kier molecular flexibility index (Phi) is 3.46. The molecule has 1 fully saturated rings. The van der Waals surface area contributed by atoms with E-state index < -0.39 is 12.8 Å². The molecular formula is C10H12F3N3O. The highest BCUT2D eigenvalue weighted by molar-refractivity contribution is 5.07. The van der Waals surface area contributed by atoms with Crippen LogP contribution in [0, 0.1) is 0 Å². The molecule has 2 rings (SSSR count). The van der Waals surface area contributed by atoms with Crippen LogP contribution in [0.3, 0.4) is 0 Å². The van der Waals surface area contributed by atoms with Gasteiger partial charge in [-0.2, -0.15) is 13.2 Å². The second-order valence-corrected chi connectivity index (χ2v) is 3.91. The molecule has 0 atom stereocenters. The maximum Gasteiger partial charge on any atom is 0.422 e. The molecule has 0 aromatic carbocycles. The molecule has 7 heteroatoms. The largest absolute Gasteiger partial charge is 0.467 e. The van der Waals surface area contributed by atoms with Crippen molar-refractivity contribution >= 4 is 0 Å². The SMILES string of the molecule is FC(F)(F)COc1cnc(CNC2CC2)cn1.